The van der Waals surface area contributed by atoms with Gasteiger partial charge in [0, 0.05) is 12.2 Å². The second-order valence-electron chi connectivity index (χ2n) is 6.84. The Hall–Kier alpha value is -2.17. The van der Waals surface area contributed by atoms with Crippen LogP contribution in [0.5, 0.6) is 0 Å². The van der Waals surface area contributed by atoms with Gasteiger partial charge in [0.15, 0.2) is 6.29 Å². The van der Waals surface area contributed by atoms with E-state index in [2.05, 4.69) is 48.5 Å². The predicted octanol–water partition coefficient (Wildman–Crippen LogP) is 4.95. The van der Waals surface area contributed by atoms with E-state index in [1.165, 1.54) is 11.1 Å². The lowest BCUT2D eigenvalue weighted by molar-refractivity contribution is -0.161. The van der Waals surface area contributed by atoms with E-state index in [1.54, 1.807) is 0 Å². The molecule has 4 heteroatoms. The third-order valence-corrected chi connectivity index (χ3v) is 4.84. The van der Waals surface area contributed by atoms with Gasteiger partial charge in [-0.1, -0.05) is 53.2 Å². The van der Waals surface area contributed by atoms with Crippen molar-refractivity contribution in [2.45, 2.75) is 45.8 Å². The molecule has 1 unspecified atom stereocenters. The highest BCUT2D eigenvalue weighted by Crippen LogP contribution is 2.24. The van der Waals surface area contributed by atoms with Gasteiger partial charge in [-0.25, -0.2) is 0 Å². The van der Waals surface area contributed by atoms with Crippen molar-refractivity contribution in [3.05, 3.63) is 59.2 Å². The number of benzene rings is 2. The smallest absolute Gasteiger partial charge is 0.157 e. The first-order valence-electron chi connectivity index (χ1n) is 9.29. The summed E-state index contributed by atoms with van der Waals surface area (Å²) >= 11 is 0. The van der Waals surface area contributed by atoms with Gasteiger partial charge in [-0.2, -0.15) is 0 Å². The molecule has 1 N–H and O–H groups in total. The van der Waals surface area contributed by atoms with Crippen molar-refractivity contribution < 1.29 is 14.7 Å². The van der Waals surface area contributed by atoms with Gasteiger partial charge in [0.05, 0.1) is 12.3 Å². The summed E-state index contributed by atoms with van der Waals surface area (Å²) in [6, 6.07) is 14.8. The first-order valence-corrected chi connectivity index (χ1v) is 9.29. The van der Waals surface area contributed by atoms with Gasteiger partial charge in [-0.15, -0.1) is 0 Å². The van der Waals surface area contributed by atoms with Crippen LogP contribution in [0.1, 0.15) is 42.9 Å². The van der Waals surface area contributed by atoms with E-state index in [0.717, 1.165) is 49.0 Å². The summed E-state index contributed by atoms with van der Waals surface area (Å²) in [5.74, 6) is 0. The molecule has 138 valence electrons. The van der Waals surface area contributed by atoms with Crippen LogP contribution < -0.4 is 0 Å². The van der Waals surface area contributed by atoms with Crippen LogP contribution in [0.3, 0.4) is 0 Å². The molecule has 26 heavy (non-hydrogen) atoms. The number of hydrogen-bond donors (Lipinski definition) is 1. The summed E-state index contributed by atoms with van der Waals surface area (Å²) in [6.45, 7) is 5.28. The lowest BCUT2D eigenvalue weighted by atomic mass is 9.95. The zero-order valence-corrected chi connectivity index (χ0v) is 15.6. The molecule has 2 aromatic carbocycles. The number of hydrogen-bond acceptors (Lipinski definition) is 4. The molecule has 1 heterocycles. The van der Waals surface area contributed by atoms with Crippen LogP contribution in [0.4, 0.5) is 0 Å². The molecule has 0 spiro atoms. The zero-order valence-electron chi connectivity index (χ0n) is 15.6. The minimum Gasteiger partial charge on any atom is -0.411 e. The maximum atomic E-state index is 9.20. The summed E-state index contributed by atoms with van der Waals surface area (Å²) in [5.41, 5.74) is 6.27. The molecule has 1 aliphatic heterocycles. The van der Waals surface area contributed by atoms with E-state index in [0.29, 0.717) is 12.3 Å². The molecule has 1 fully saturated rings. The zero-order chi connectivity index (χ0) is 18.4. The third-order valence-electron chi connectivity index (χ3n) is 4.84. The largest absolute Gasteiger partial charge is 0.411 e. The van der Waals surface area contributed by atoms with Gasteiger partial charge in [-0.3, -0.25) is 0 Å². The molecule has 0 amide bonds. The van der Waals surface area contributed by atoms with Crippen molar-refractivity contribution in [3.8, 4) is 11.1 Å². The van der Waals surface area contributed by atoms with Crippen molar-refractivity contribution in [1.82, 2.24) is 0 Å². The number of nitrogens with zero attached hydrogens (tertiary/aromatic N) is 1. The third kappa shape index (κ3) is 4.71. The van der Waals surface area contributed by atoms with Crippen LogP contribution in [0, 0.1) is 6.92 Å². The fraction of sp³-hybridized carbons (Fsp3) is 0.409. The molecule has 0 saturated carbocycles. The molecule has 1 saturated heterocycles. The number of ether oxygens (including phenoxy) is 2. The van der Waals surface area contributed by atoms with Crippen molar-refractivity contribution in [2.24, 2.45) is 5.16 Å². The molecule has 4 nitrogen and oxygen atoms in total. The monoisotopic (exact) mass is 353 g/mol. The molecule has 0 aliphatic carbocycles. The van der Waals surface area contributed by atoms with Gasteiger partial charge in [-0.05, 0) is 56.2 Å². The van der Waals surface area contributed by atoms with Crippen LogP contribution in [-0.4, -0.2) is 30.4 Å². The van der Waals surface area contributed by atoms with Gasteiger partial charge >= 0.3 is 0 Å². The summed E-state index contributed by atoms with van der Waals surface area (Å²) in [4.78, 5) is 0. The quantitative estimate of drug-likeness (QED) is 0.454. The predicted molar refractivity (Wildman–Crippen MR) is 104 cm³/mol. The van der Waals surface area contributed by atoms with E-state index in [4.69, 9.17) is 9.47 Å². The second-order valence-corrected chi connectivity index (χ2v) is 6.84. The Morgan fingerprint density at radius 1 is 1.15 bits per heavy atom. The van der Waals surface area contributed by atoms with Crippen LogP contribution in [0.25, 0.3) is 11.1 Å². The minimum absolute atomic E-state index is 0.0833. The van der Waals surface area contributed by atoms with Crippen LogP contribution >= 0.6 is 0 Å². The van der Waals surface area contributed by atoms with E-state index in [1.807, 2.05) is 13.0 Å². The van der Waals surface area contributed by atoms with E-state index in [9.17, 15) is 5.21 Å². The molecule has 1 aliphatic rings. The Kier molecular flexibility index (Phi) is 6.42. The standard InChI is InChI=1S/C22H27NO3/c1-16-6-8-18(9-7-16)19-10-11-21(17(2)23-24)20(15-19)12-14-26-22-5-3-4-13-25-22/h6-11,15,22,24H,3-5,12-14H2,1-2H3. The fourth-order valence-electron chi connectivity index (χ4n) is 3.28. The molecule has 2 aromatic rings. The molecular weight excluding hydrogens is 326 g/mol. The first kappa shape index (κ1) is 18.6. The first-order chi connectivity index (χ1) is 12.7. The topological polar surface area (TPSA) is 51.1 Å². The van der Waals surface area contributed by atoms with E-state index < -0.39 is 0 Å². The Labute approximate surface area is 155 Å². The lowest BCUT2D eigenvalue weighted by Gasteiger charge is -2.23. The Morgan fingerprint density at radius 3 is 2.62 bits per heavy atom. The number of oxime groups is 1. The highest BCUT2D eigenvalue weighted by Gasteiger charge is 2.15. The van der Waals surface area contributed by atoms with Gasteiger partial charge in [0.25, 0.3) is 0 Å². The van der Waals surface area contributed by atoms with Crippen LogP contribution in [0.2, 0.25) is 0 Å². The SMILES string of the molecule is CC(=NO)c1ccc(-c2ccc(C)cc2)cc1CCOC1CCCCO1. The van der Waals surface area contributed by atoms with E-state index in [-0.39, 0.29) is 6.29 Å². The molecule has 0 bridgehead atoms. The highest BCUT2D eigenvalue weighted by molar-refractivity contribution is 6.00. The summed E-state index contributed by atoms with van der Waals surface area (Å²) < 4.78 is 11.5. The lowest BCUT2D eigenvalue weighted by Crippen LogP contribution is -2.23. The number of rotatable bonds is 6. The van der Waals surface area contributed by atoms with Gasteiger partial charge in [0.1, 0.15) is 0 Å². The van der Waals surface area contributed by atoms with Crippen molar-refractivity contribution in [1.29, 1.82) is 0 Å². The van der Waals surface area contributed by atoms with Crippen molar-refractivity contribution in [2.75, 3.05) is 13.2 Å². The highest BCUT2D eigenvalue weighted by atomic mass is 16.7. The van der Waals surface area contributed by atoms with Gasteiger partial charge < -0.3 is 14.7 Å². The molecule has 3 rings (SSSR count). The second kappa shape index (κ2) is 8.97. The van der Waals surface area contributed by atoms with E-state index >= 15 is 0 Å². The summed E-state index contributed by atoms with van der Waals surface area (Å²) in [7, 11) is 0. The van der Waals surface area contributed by atoms with Crippen molar-refractivity contribution >= 4 is 5.71 Å². The number of aryl methyl sites for hydroxylation is 1. The van der Waals surface area contributed by atoms with Crippen LogP contribution in [0.15, 0.2) is 47.6 Å². The van der Waals surface area contributed by atoms with Crippen molar-refractivity contribution in [3.63, 3.8) is 0 Å². The molecular formula is C22H27NO3. The maximum absolute atomic E-state index is 9.20. The van der Waals surface area contributed by atoms with Crippen LogP contribution in [-0.2, 0) is 15.9 Å². The Morgan fingerprint density at radius 2 is 1.92 bits per heavy atom. The minimum atomic E-state index is -0.0833. The average molecular weight is 353 g/mol. The normalized spacial score (nSPS) is 18.1. The maximum Gasteiger partial charge on any atom is 0.157 e. The summed E-state index contributed by atoms with van der Waals surface area (Å²) in [5, 5.41) is 12.6. The molecule has 0 radical (unpaired) electrons. The fourth-order valence-corrected chi connectivity index (χ4v) is 3.28. The Balaban J connectivity index is 1.77. The summed E-state index contributed by atoms with van der Waals surface area (Å²) in [6.07, 6.45) is 3.92. The molecule has 0 aromatic heterocycles. The Bertz CT molecular complexity index is 746. The molecule has 1 atom stereocenters. The van der Waals surface area contributed by atoms with Gasteiger partial charge in [0.2, 0.25) is 0 Å². The average Bonchev–Trinajstić information content (AvgIpc) is 2.69.